The number of hydrogen-bond acceptors (Lipinski definition) is 4. The Labute approximate surface area is 176 Å². The van der Waals surface area contributed by atoms with Crippen LogP contribution in [0.15, 0.2) is 65.0 Å². The van der Waals surface area contributed by atoms with Crippen molar-refractivity contribution in [3.8, 4) is 11.1 Å². The number of nitrogens with zero attached hydrogens (tertiary/aromatic N) is 2. The van der Waals surface area contributed by atoms with Gasteiger partial charge < -0.3 is 5.32 Å². The van der Waals surface area contributed by atoms with Crippen LogP contribution in [0, 0.1) is 5.82 Å². The van der Waals surface area contributed by atoms with Gasteiger partial charge in [-0.3, -0.25) is 14.2 Å². The summed E-state index contributed by atoms with van der Waals surface area (Å²) in [6.45, 7) is 4.06. The first-order chi connectivity index (χ1) is 14.4. The van der Waals surface area contributed by atoms with Gasteiger partial charge in [0.05, 0.1) is 11.7 Å². The third kappa shape index (κ3) is 4.02. The van der Waals surface area contributed by atoms with Gasteiger partial charge in [0.2, 0.25) is 5.91 Å². The number of hydrogen-bond donors (Lipinski definition) is 1. The fourth-order valence-corrected chi connectivity index (χ4v) is 4.14. The maximum absolute atomic E-state index is 13.2. The second kappa shape index (κ2) is 8.20. The highest BCUT2D eigenvalue weighted by molar-refractivity contribution is 7.17. The average molecular weight is 421 g/mol. The molecule has 0 spiro atoms. The number of thiophene rings is 1. The number of benzene rings is 2. The van der Waals surface area contributed by atoms with Crippen molar-refractivity contribution in [2.75, 3.05) is 5.32 Å². The predicted octanol–water partition coefficient (Wildman–Crippen LogP) is 5.03. The van der Waals surface area contributed by atoms with Gasteiger partial charge in [0.15, 0.2) is 0 Å². The Morgan fingerprint density at radius 1 is 1.13 bits per heavy atom. The third-order valence-corrected chi connectivity index (χ3v) is 5.78. The first-order valence-corrected chi connectivity index (χ1v) is 10.4. The van der Waals surface area contributed by atoms with E-state index in [0.29, 0.717) is 27.4 Å². The van der Waals surface area contributed by atoms with Crippen molar-refractivity contribution < 1.29 is 9.18 Å². The predicted molar refractivity (Wildman–Crippen MR) is 118 cm³/mol. The first-order valence-electron chi connectivity index (χ1n) is 9.55. The van der Waals surface area contributed by atoms with Crippen LogP contribution >= 0.6 is 11.3 Å². The highest BCUT2D eigenvalue weighted by atomic mass is 32.1. The van der Waals surface area contributed by atoms with Crippen LogP contribution in [-0.4, -0.2) is 15.5 Å². The summed E-state index contributed by atoms with van der Waals surface area (Å²) < 4.78 is 14.5. The summed E-state index contributed by atoms with van der Waals surface area (Å²) in [6.07, 6.45) is 1.39. The van der Waals surface area contributed by atoms with Gasteiger partial charge in [-0.25, -0.2) is 9.37 Å². The minimum atomic E-state index is -0.341. The van der Waals surface area contributed by atoms with Gasteiger partial charge in [-0.1, -0.05) is 38.1 Å². The Hall–Kier alpha value is -3.32. The molecule has 0 aliphatic heterocycles. The number of fused-ring (bicyclic) bond motifs is 1. The molecule has 1 N–H and O–H groups in total. The standard InChI is InChI=1S/C23H20FN3O2S/c1-14(2)15-5-9-18(10-6-15)26-20(28)11-27-13-25-22-21(23(27)29)19(12-30-22)16-3-7-17(24)8-4-16/h3-10,12-14H,11H2,1-2H3,(H,26,28). The SMILES string of the molecule is CC(C)c1ccc(NC(=O)Cn2cnc3scc(-c4ccc(F)cc4)c3c2=O)cc1. The third-order valence-electron chi connectivity index (χ3n) is 4.89. The molecule has 0 aliphatic rings. The Kier molecular flexibility index (Phi) is 5.46. The summed E-state index contributed by atoms with van der Waals surface area (Å²) in [5.41, 5.74) is 2.98. The average Bonchev–Trinajstić information content (AvgIpc) is 3.16. The van der Waals surface area contributed by atoms with Crippen molar-refractivity contribution >= 4 is 33.1 Å². The van der Waals surface area contributed by atoms with Crippen LogP contribution in [0.3, 0.4) is 0 Å². The monoisotopic (exact) mass is 421 g/mol. The lowest BCUT2D eigenvalue weighted by molar-refractivity contribution is -0.116. The molecule has 0 saturated carbocycles. The Morgan fingerprint density at radius 3 is 2.50 bits per heavy atom. The summed E-state index contributed by atoms with van der Waals surface area (Å²) in [5.74, 6) is -0.243. The number of aromatic nitrogens is 2. The topological polar surface area (TPSA) is 64.0 Å². The zero-order chi connectivity index (χ0) is 21.3. The largest absolute Gasteiger partial charge is 0.325 e. The molecular formula is C23H20FN3O2S. The maximum atomic E-state index is 13.2. The summed E-state index contributed by atoms with van der Waals surface area (Å²) in [7, 11) is 0. The number of amides is 1. The lowest BCUT2D eigenvalue weighted by Crippen LogP contribution is -2.27. The van der Waals surface area contributed by atoms with E-state index in [4.69, 9.17) is 0 Å². The molecule has 2 aromatic carbocycles. The second-order valence-corrected chi connectivity index (χ2v) is 8.20. The number of anilines is 1. The van der Waals surface area contributed by atoms with Gasteiger partial charge in [-0.2, -0.15) is 0 Å². The molecule has 0 aliphatic carbocycles. The van der Waals surface area contributed by atoms with Crippen LogP contribution < -0.4 is 10.9 Å². The van der Waals surface area contributed by atoms with E-state index in [0.717, 1.165) is 5.56 Å². The van der Waals surface area contributed by atoms with Crippen LogP contribution in [0.5, 0.6) is 0 Å². The minimum absolute atomic E-state index is 0.146. The molecule has 7 heteroatoms. The lowest BCUT2D eigenvalue weighted by Gasteiger charge is -2.10. The molecule has 0 saturated heterocycles. The number of carbonyl (C=O) groups is 1. The molecule has 0 fully saturated rings. The molecule has 4 aromatic rings. The Morgan fingerprint density at radius 2 is 1.83 bits per heavy atom. The Bertz CT molecular complexity index is 1260. The maximum Gasteiger partial charge on any atom is 0.263 e. The highest BCUT2D eigenvalue weighted by Gasteiger charge is 2.15. The van der Waals surface area contributed by atoms with Crippen LogP contribution in [0.25, 0.3) is 21.3 Å². The fraction of sp³-hybridized carbons (Fsp3) is 0.174. The molecule has 152 valence electrons. The van der Waals surface area contributed by atoms with Gasteiger partial charge in [0.1, 0.15) is 17.2 Å². The zero-order valence-corrected chi connectivity index (χ0v) is 17.4. The molecule has 2 aromatic heterocycles. The zero-order valence-electron chi connectivity index (χ0n) is 16.6. The normalized spacial score (nSPS) is 11.2. The van der Waals surface area contributed by atoms with Crippen molar-refractivity contribution in [2.45, 2.75) is 26.3 Å². The van der Waals surface area contributed by atoms with Crippen LogP contribution in [0.4, 0.5) is 10.1 Å². The van der Waals surface area contributed by atoms with E-state index in [9.17, 15) is 14.0 Å². The van der Waals surface area contributed by atoms with Gasteiger partial charge in [0.25, 0.3) is 5.56 Å². The van der Waals surface area contributed by atoms with Crippen molar-refractivity contribution in [2.24, 2.45) is 0 Å². The Balaban J connectivity index is 1.59. The molecule has 1 amide bonds. The molecule has 0 atom stereocenters. The smallest absolute Gasteiger partial charge is 0.263 e. The van der Waals surface area contributed by atoms with Crippen molar-refractivity contribution in [1.82, 2.24) is 9.55 Å². The van der Waals surface area contributed by atoms with E-state index >= 15 is 0 Å². The van der Waals surface area contributed by atoms with Gasteiger partial charge in [0, 0.05) is 16.6 Å². The minimum Gasteiger partial charge on any atom is -0.325 e. The molecule has 0 unspecified atom stereocenters. The second-order valence-electron chi connectivity index (χ2n) is 7.34. The molecule has 2 heterocycles. The van der Waals surface area contributed by atoms with Crippen LogP contribution in [0.2, 0.25) is 0 Å². The summed E-state index contributed by atoms with van der Waals surface area (Å²) >= 11 is 1.34. The number of carbonyl (C=O) groups excluding carboxylic acids is 1. The molecular weight excluding hydrogens is 401 g/mol. The van der Waals surface area contributed by atoms with Crippen molar-refractivity contribution in [1.29, 1.82) is 0 Å². The summed E-state index contributed by atoms with van der Waals surface area (Å²) in [4.78, 5) is 30.4. The van der Waals surface area contributed by atoms with E-state index in [1.54, 1.807) is 12.1 Å². The first kappa shape index (κ1) is 20.0. The quantitative estimate of drug-likeness (QED) is 0.492. The van der Waals surface area contributed by atoms with Crippen LogP contribution in [-0.2, 0) is 11.3 Å². The van der Waals surface area contributed by atoms with Crippen molar-refractivity contribution in [3.63, 3.8) is 0 Å². The van der Waals surface area contributed by atoms with E-state index in [2.05, 4.69) is 24.1 Å². The molecule has 30 heavy (non-hydrogen) atoms. The van der Waals surface area contributed by atoms with E-state index < -0.39 is 0 Å². The van der Waals surface area contributed by atoms with Crippen molar-refractivity contribution in [3.05, 3.63) is 82.0 Å². The highest BCUT2D eigenvalue weighted by Crippen LogP contribution is 2.30. The molecule has 0 radical (unpaired) electrons. The number of halogens is 1. The molecule has 5 nitrogen and oxygen atoms in total. The van der Waals surface area contributed by atoms with Gasteiger partial charge in [-0.15, -0.1) is 11.3 Å². The van der Waals surface area contributed by atoms with Crippen LogP contribution in [0.1, 0.15) is 25.3 Å². The van der Waals surface area contributed by atoms with Gasteiger partial charge in [-0.05, 0) is 41.3 Å². The summed E-state index contributed by atoms with van der Waals surface area (Å²) in [5, 5.41) is 5.07. The number of nitrogens with one attached hydrogen (secondary N) is 1. The van der Waals surface area contributed by atoms with E-state index in [-0.39, 0.29) is 23.8 Å². The molecule has 4 rings (SSSR count). The summed E-state index contributed by atoms with van der Waals surface area (Å²) in [6, 6.07) is 13.6. The molecule has 0 bridgehead atoms. The lowest BCUT2D eigenvalue weighted by atomic mass is 10.0. The van der Waals surface area contributed by atoms with Gasteiger partial charge >= 0.3 is 0 Å². The number of rotatable bonds is 5. The van der Waals surface area contributed by atoms with E-state index in [1.807, 2.05) is 29.6 Å². The van der Waals surface area contributed by atoms with E-state index in [1.165, 1.54) is 39.9 Å². The fourth-order valence-electron chi connectivity index (χ4n) is 3.23.